The third-order valence-corrected chi connectivity index (χ3v) is 2.32. The molecule has 0 amide bonds. The van der Waals surface area contributed by atoms with E-state index in [4.69, 9.17) is 0 Å². The Labute approximate surface area is 84.6 Å². The Bertz CT molecular complexity index is 329. The van der Waals surface area contributed by atoms with Gasteiger partial charge in [0.15, 0.2) is 5.78 Å². The lowest BCUT2D eigenvalue weighted by Crippen LogP contribution is -2.18. The zero-order valence-electron chi connectivity index (χ0n) is 8.82. The number of carbonyl (C=O) groups is 1. The van der Waals surface area contributed by atoms with Crippen LogP contribution in [0.4, 0.5) is 0 Å². The van der Waals surface area contributed by atoms with Gasteiger partial charge < -0.3 is 5.11 Å². The molecule has 76 valence electrons. The van der Waals surface area contributed by atoms with Gasteiger partial charge in [-0.2, -0.15) is 0 Å². The zero-order chi connectivity index (χ0) is 10.7. The van der Waals surface area contributed by atoms with Gasteiger partial charge in [-0.1, -0.05) is 38.1 Å². The molecule has 0 spiro atoms. The van der Waals surface area contributed by atoms with Gasteiger partial charge in [-0.05, 0) is 18.1 Å². The molecule has 0 saturated carbocycles. The van der Waals surface area contributed by atoms with Crippen LogP contribution in [-0.4, -0.2) is 10.9 Å². The molecule has 1 aromatic rings. The summed E-state index contributed by atoms with van der Waals surface area (Å²) in [6.07, 6.45) is -0.976. The number of hydrogen-bond acceptors (Lipinski definition) is 2. The molecule has 1 unspecified atom stereocenters. The first-order valence-electron chi connectivity index (χ1n) is 4.81. The molecule has 1 rings (SSSR count). The summed E-state index contributed by atoms with van der Waals surface area (Å²) in [5.41, 5.74) is 1.67. The Morgan fingerprint density at radius 3 is 2.36 bits per heavy atom. The van der Waals surface area contributed by atoms with Crippen molar-refractivity contribution in [2.75, 3.05) is 0 Å². The summed E-state index contributed by atoms with van der Waals surface area (Å²) in [6.45, 7) is 5.49. The number of aliphatic hydroxyl groups excluding tert-OH is 1. The van der Waals surface area contributed by atoms with Crippen molar-refractivity contribution in [3.05, 3.63) is 35.4 Å². The van der Waals surface area contributed by atoms with Crippen LogP contribution >= 0.6 is 0 Å². The summed E-state index contributed by atoms with van der Waals surface area (Å²) in [5, 5.41) is 9.79. The molecular weight excluding hydrogens is 176 g/mol. The highest BCUT2D eigenvalue weighted by Crippen LogP contribution is 2.20. The maximum absolute atomic E-state index is 11.5. The van der Waals surface area contributed by atoms with Crippen LogP contribution in [-0.2, 0) is 4.79 Å². The molecule has 0 fully saturated rings. The van der Waals surface area contributed by atoms with Crippen molar-refractivity contribution in [3.63, 3.8) is 0 Å². The maximum atomic E-state index is 11.5. The van der Waals surface area contributed by atoms with Crippen LogP contribution in [0, 0.1) is 12.8 Å². The quantitative estimate of drug-likeness (QED) is 0.797. The van der Waals surface area contributed by atoms with Gasteiger partial charge in [0, 0.05) is 5.92 Å². The van der Waals surface area contributed by atoms with E-state index in [-0.39, 0.29) is 11.7 Å². The topological polar surface area (TPSA) is 37.3 Å². The minimum absolute atomic E-state index is 0.126. The Morgan fingerprint density at radius 2 is 1.86 bits per heavy atom. The van der Waals surface area contributed by atoms with Gasteiger partial charge in [-0.15, -0.1) is 0 Å². The van der Waals surface area contributed by atoms with Crippen molar-refractivity contribution in [1.29, 1.82) is 0 Å². The normalized spacial score (nSPS) is 12.9. The summed E-state index contributed by atoms with van der Waals surface area (Å²) >= 11 is 0. The molecule has 0 aromatic heterocycles. The molecule has 0 radical (unpaired) electrons. The molecule has 0 heterocycles. The van der Waals surface area contributed by atoms with Gasteiger partial charge in [-0.3, -0.25) is 4.79 Å². The number of hydrogen-bond donors (Lipinski definition) is 1. The molecular formula is C12H16O2. The highest BCUT2D eigenvalue weighted by atomic mass is 16.3. The monoisotopic (exact) mass is 192 g/mol. The average Bonchev–Trinajstić information content (AvgIpc) is 2.16. The van der Waals surface area contributed by atoms with Crippen molar-refractivity contribution < 1.29 is 9.90 Å². The van der Waals surface area contributed by atoms with Crippen LogP contribution in [0.2, 0.25) is 0 Å². The largest absolute Gasteiger partial charge is 0.381 e. The summed E-state index contributed by atoms with van der Waals surface area (Å²) in [5.74, 6) is -0.260. The summed E-state index contributed by atoms with van der Waals surface area (Å²) in [7, 11) is 0. The maximum Gasteiger partial charge on any atom is 0.168 e. The van der Waals surface area contributed by atoms with Gasteiger partial charge in [0.2, 0.25) is 0 Å². The predicted octanol–water partition coefficient (Wildman–Crippen LogP) is 2.25. The Hall–Kier alpha value is -1.15. The van der Waals surface area contributed by atoms with Crippen molar-refractivity contribution >= 4 is 5.78 Å². The first-order valence-corrected chi connectivity index (χ1v) is 4.81. The number of ketones is 1. The Kier molecular flexibility index (Phi) is 3.42. The molecule has 0 bridgehead atoms. The van der Waals surface area contributed by atoms with E-state index in [1.54, 1.807) is 19.9 Å². The molecule has 1 N–H and O–H groups in total. The van der Waals surface area contributed by atoms with Crippen LogP contribution in [0.15, 0.2) is 24.3 Å². The Balaban J connectivity index is 2.95. The molecule has 0 aliphatic rings. The second-order valence-corrected chi connectivity index (χ2v) is 3.82. The fourth-order valence-corrected chi connectivity index (χ4v) is 1.36. The molecule has 1 aromatic carbocycles. The van der Waals surface area contributed by atoms with Gasteiger partial charge in [0.25, 0.3) is 0 Å². The lowest BCUT2D eigenvalue weighted by Gasteiger charge is -2.14. The van der Waals surface area contributed by atoms with Crippen molar-refractivity contribution in [3.8, 4) is 0 Å². The molecule has 2 heteroatoms. The summed E-state index contributed by atoms with van der Waals surface area (Å²) in [6, 6.07) is 7.41. The standard InChI is InChI=1S/C12H16O2/c1-8(2)11(13)12(14)10-7-5-4-6-9(10)3/h4-8,12,14H,1-3H3. The van der Waals surface area contributed by atoms with E-state index < -0.39 is 6.10 Å². The second-order valence-electron chi connectivity index (χ2n) is 3.82. The fraction of sp³-hybridized carbons (Fsp3) is 0.417. The SMILES string of the molecule is Cc1ccccc1C(O)C(=O)C(C)C. The van der Waals surface area contributed by atoms with Crippen molar-refractivity contribution in [2.45, 2.75) is 26.9 Å². The third-order valence-electron chi connectivity index (χ3n) is 2.32. The highest BCUT2D eigenvalue weighted by Gasteiger charge is 2.21. The van der Waals surface area contributed by atoms with Gasteiger partial charge in [0.05, 0.1) is 0 Å². The predicted molar refractivity (Wildman–Crippen MR) is 56.0 cm³/mol. The molecule has 0 aliphatic carbocycles. The van der Waals surface area contributed by atoms with E-state index in [9.17, 15) is 9.90 Å². The minimum atomic E-state index is -0.976. The Morgan fingerprint density at radius 1 is 1.29 bits per heavy atom. The first-order chi connectivity index (χ1) is 6.54. The number of carbonyl (C=O) groups excluding carboxylic acids is 1. The first kappa shape index (κ1) is 10.9. The lowest BCUT2D eigenvalue weighted by molar-refractivity contribution is -0.130. The minimum Gasteiger partial charge on any atom is -0.381 e. The number of Topliss-reactive ketones (excluding diaryl/α,β-unsaturated/α-hetero) is 1. The molecule has 0 aliphatic heterocycles. The van der Waals surface area contributed by atoms with Gasteiger partial charge >= 0.3 is 0 Å². The van der Waals surface area contributed by atoms with E-state index in [0.717, 1.165) is 5.56 Å². The van der Waals surface area contributed by atoms with Gasteiger partial charge in [-0.25, -0.2) is 0 Å². The third kappa shape index (κ3) is 2.20. The van der Waals surface area contributed by atoms with Crippen LogP contribution in [0.1, 0.15) is 31.1 Å². The highest BCUT2D eigenvalue weighted by molar-refractivity contribution is 5.86. The van der Waals surface area contributed by atoms with E-state index >= 15 is 0 Å². The number of rotatable bonds is 3. The molecule has 1 atom stereocenters. The second kappa shape index (κ2) is 4.38. The van der Waals surface area contributed by atoms with Crippen LogP contribution in [0.25, 0.3) is 0 Å². The van der Waals surface area contributed by atoms with E-state index in [1.807, 2.05) is 25.1 Å². The number of aliphatic hydroxyl groups is 1. The average molecular weight is 192 g/mol. The van der Waals surface area contributed by atoms with E-state index in [0.29, 0.717) is 5.56 Å². The number of aryl methyl sites for hydroxylation is 1. The van der Waals surface area contributed by atoms with Crippen molar-refractivity contribution in [1.82, 2.24) is 0 Å². The molecule has 14 heavy (non-hydrogen) atoms. The fourth-order valence-electron chi connectivity index (χ4n) is 1.36. The number of benzene rings is 1. The summed E-state index contributed by atoms with van der Waals surface area (Å²) < 4.78 is 0. The van der Waals surface area contributed by atoms with E-state index in [1.165, 1.54) is 0 Å². The smallest absolute Gasteiger partial charge is 0.168 e. The zero-order valence-corrected chi connectivity index (χ0v) is 8.82. The van der Waals surface area contributed by atoms with Gasteiger partial charge in [0.1, 0.15) is 6.10 Å². The van der Waals surface area contributed by atoms with Crippen LogP contribution in [0.5, 0.6) is 0 Å². The summed E-state index contributed by atoms with van der Waals surface area (Å²) in [4.78, 5) is 11.5. The van der Waals surface area contributed by atoms with Crippen LogP contribution < -0.4 is 0 Å². The molecule has 2 nitrogen and oxygen atoms in total. The van der Waals surface area contributed by atoms with E-state index in [2.05, 4.69) is 0 Å². The van der Waals surface area contributed by atoms with Crippen LogP contribution in [0.3, 0.4) is 0 Å². The molecule has 0 saturated heterocycles. The van der Waals surface area contributed by atoms with Crippen molar-refractivity contribution in [2.24, 2.45) is 5.92 Å². The lowest BCUT2D eigenvalue weighted by atomic mass is 9.95.